The minimum Gasteiger partial charge on any atom is -0.487 e. The van der Waals surface area contributed by atoms with Gasteiger partial charge in [0.25, 0.3) is 0 Å². The lowest BCUT2D eigenvalue weighted by Crippen LogP contribution is -2.19. The number of nitrogens with one attached hydrogen (secondary N) is 1. The fraction of sp³-hybridized carbons (Fsp3) is 0.364. The Labute approximate surface area is 95.7 Å². The molecule has 1 aromatic rings. The Hall–Kier alpha value is -1.24. The van der Waals surface area contributed by atoms with Crippen LogP contribution in [0.5, 0.6) is 5.75 Å². The summed E-state index contributed by atoms with van der Waals surface area (Å²) >= 11 is 0. The molecule has 15 heavy (non-hydrogen) atoms. The van der Waals surface area contributed by atoms with E-state index in [0.717, 1.165) is 25.3 Å². The number of pyridine rings is 1. The SMILES string of the molecule is C#Cc1ccc(OC2CCNC2)cn1.Cl. The van der Waals surface area contributed by atoms with E-state index in [-0.39, 0.29) is 18.5 Å². The van der Waals surface area contributed by atoms with E-state index in [1.165, 1.54) is 0 Å². The number of hydrogen-bond donors (Lipinski definition) is 1. The van der Waals surface area contributed by atoms with Gasteiger partial charge < -0.3 is 10.1 Å². The van der Waals surface area contributed by atoms with E-state index < -0.39 is 0 Å². The van der Waals surface area contributed by atoms with Gasteiger partial charge in [0.05, 0.1) is 6.20 Å². The van der Waals surface area contributed by atoms with Crippen LogP contribution >= 0.6 is 12.4 Å². The Morgan fingerprint density at radius 2 is 2.40 bits per heavy atom. The highest BCUT2D eigenvalue weighted by Gasteiger charge is 2.15. The van der Waals surface area contributed by atoms with Crippen LogP contribution in [0, 0.1) is 12.3 Å². The average molecular weight is 225 g/mol. The quantitative estimate of drug-likeness (QED) is 0.768. The Morgan fingerprint density at radius 3 is 2.93 bits per heavy atom. The van der Waals surface area contributed by atoms with Crippen LogP contribution in [-0.4, -0.2) is 24.2 Å². The standard InChI is InChI=1S/C11H12N2O.ClH/c1-2-9-3-4-10(8-13-9)14-11-5-6-12-7-11;/h1,3-4,8,11-12H,5-7H2;1H. The molecule has 1 saturated heterocycles. The minimum absolute atomic E-state index is 0. The normalized spacial score (nSPS) is 19.0. The first-order valence-electron chi connectivity index (χ1n) is 4.68. The molecular formula is C11H13ClN2O. The number of nitrogens with zero attached hydrogens (tertiary/aromatic N) is 1. The number of hydrogen-bond acceptors (Lipinski definition) is 3. The summed E-state index contributed by atoms with van der Waals surface area (Å²) in [6.07, 6.45) is 8.20. The molecule has 0 spiro atoms. The van der Waals surface area contributed by atoms with Gasteiger partial charge in [0.1, 0.15) is 17.5 Å². The van der Waals surface area contributed by atoms with Gasteiger partial charge in [0.2, 0.25) is 0 Å². The van der Waals surface area contributed by atoms with Crippen molar-refractivity contribution < 1.29 is 4.74 Å². The molecule has 3 nitrogen and oxygen atoms in total. The van der Waals surface area contributed by atoms with Crippen molar-refractivity contribution in [1.29, 1.82) is 0 Å². The summed E-state index contributed by atoms with van der Waals surface area (Å²) in [4.78, 5) is 4.06. The maximum atomic E-state index is 5.68. The fourth-order valence-corrected chi connectivity index (χ4v) is 1.46. The van der Waals surface area contributed by atoms with Crippen molar-refractivity contribution >= 4 is 12.4 Å². The smallest absolute Gasteiger partial charge is 0.138 e. The van der Waals surface area contributed by atoms with Gasteiger partial charge in [-0.3, -0.25) is 0 Å². The average Bonchev–Trinajstić information content (AvgIpc) is 2.72. The molecule has 1 aromatic heterocycles. The van der Waals surface area contributed by atoms with Gasteiger partial charge >= 0.3 is 0 Å². The molecule has 80 valence electrons. The van der Waals surface area contributed by atoms with Crippen LogP contribution in [0.15, 0.2) is 18.3 Å². The van der Waals surface area contributed by atoms with Crippen LogP contribution in [0.4, 0.5) is 0 Å². The molecular weight excluding hydrogens is 212 g/mol. The summed E-state index contributed by atoms with van der Waals surface area (Å²) in [5.74, 6) is 3.26. The van der Waals surface area contributed by atoms with E-state index >= 15 is 0 Å². The molecule has 0 aromatic carbocycles. The summed E-state index contributed by atoms with van der Waals surface area (Å²) in [5, 5.41) is 3.24. The van der Waals surface area contributed by atoms with Gasteiger partial charge in [0.15, 0.2) is 0 Å². The fourth-order valence-electron chi connectivity index (χ4n) is 1.46. The number of halogens is 1. The Balaban J connectivity index is 0.00000112. The van der Waals surface area contributed by atoms with Crippen molar-refractivity contribution in [3.8, 4) is 18.1 Å². The van der Waals surface area contributed by atoms with Gasteiger partial charge in [-0.15, -0.1) is 18.8 Å². The molecule has 2 rings (SSSR count). The zero-order valence-corrected chi connectivity index (χ0v) is 9.09. The molecule has 0 amide bonds. The molecule has 1 fully saturated rings. The van der Waals surface area contributed by atoms with Crippen molar-refractivity contribution in [1.82, 2.24) is 10.3 Å². The second kappa shape index (κ2) is 5.59. The van der Waals surface area contributed by atoms with Crippen molar-refractivity contribution in [3.05, 3.63) is 24.0 Å². The third-order valence-electron chi connectivity index (χ3n) is 2.20. The Bertz CT molecular complexity index is 339. The van der Waals surface area contributed by atoms with E-state index in [9.17, 15) is 0 Å². The lowest BCUT2D eigenvalue weighted by atomic mass is 10.3. The van der Waals surface area contributed by atoms with Crippen LogP contribution in [0.2, 0.25) is 0 Å². The third-order valence-corrected chi connectivity index (χ3v) is 2.20. The topological polar surface area (TPSA) is 34.1 Å². The van der Waals surface area contributed by atoms with Gasteiger partial charge in [-0.1, -0.05) is 5.92 Å². The minimum atomic E-state index is 0. The maximum Gasteiger partial charge on any atom is 0.138 e. The zero-order chi connectivity index (χ0) is 9.80. The van der Waals surface area contributed by atoms with Crippen LogP contribution in [0.25, 0.3) is 0 Å². The Morgan fingerprint density at radius 1 is 1.53 bits per heavy atom. The van der Waals surface area contributed by atoms with Crippen LogP contribution in [0.1, 0.15) is 12.1 Å². The number of ether oxygens (including phenoxy) is 1. The molecule has 4 heteroatoms. The molecule has 0 bridgehead atoms. The van der Waals surface area contributed by atoms with E-state index in [2.05, 4.69) is 16.2 Å². The number of aromatic nitrogens is 1. The first-order chi connectivity index (χ1) is 6.88. The monoisotopic (exact) mass is 224 g/mol. The van der Waals surface area contributed by atoms with Gasteiger partial charge in [-0.05, 0) is 25.1 Å². The summed E-state index contributed by atoms with van der Waals surface area (Å²) in [6, 6.07) is 3.65. The lowest BCUT2D eigenvalue weighted by molar-refractivity contribution is 0.222. The first-order valence-corrected chi connectivity index (χ1v) is 4.68. The third kappa shape index (κ3) is 3.12. The van der Waals surface area contributed by atoms with Gasteiger partial charge in [-0.2, -0.15) is 0 Å². The highest BCUT2D eigenvalue weighted by molar-refractivity contribution is 5.85. The highest BCUT2D eigenvalue weighted by Crippen LogP contribution is 2.13. The van der Waals surface area contributed by atoms with Crippen LogP contribution < -0.4 is 10.1 Å². The second-order valence-corrected chi connectivity index (χ2v) is 3.26. The first kappa shape index (κ1) is 11.8. The van der Waals surface area contributed by atoms with Crippen LogP contribution in [-0.2, 0) is 0 Å². The van der Waals surface area contributed by atoms with E-state index in [4.69, 9.17) is 11.2 Å². The molecule has 1 atom stereocenters. The summed E-state index contributed by atoms with van der Waals surface area (Å²) in [6.45, 7) is 1.94. The summed E-state index contributed by atoms with van der Waals surface area (Å²) < 4.78 is 5.68. The lowest BCUT2D eigenvalue weighted by Gasteiger charge is -2.11. The predicted octanol–water partition coefficient (Wildman–Crippen LogP) is 1.23. The van der Waals surface area contributed by atoms with Crippen LogP contribution in [0.3, 0.4) is 0 Å². The van der Waals surface area contributed by atoms with Gasteiger partial charge in [-0.25, -0.2) is 4.98 Å². The largest absolute Gasteiger partial charge is 0.487 e. The second-order valence-electron chi connectivity index (χ2n) is 3.26. The van der Waals surface area contributed by atoms with E-state index in [0.29, 0.717) is 5.69 Å². The van der Waals surface area contributed by atoms with E-state index in [1.54, 1.807) is 12.3 Å². The van der Waals surface area contributed by atoms with Crippen molar-refractivity contribution in [3.63, 3.8) is 0 Å². The highest BCUT2D eigenvalue weighted by atomic mass is 35.5. The van der Waals surface area contributed by atoms with Crippen molar-refractivity contribution in [2.75, 3.05) is 13.1 Å². The summed E-state index contributed by atoms with van der Waals surface area (Å²) in [5.41, 5.74) is 0.641. The number of terminal acetylenes is 1. The molecule has 1 aliphatic heterocycles. The predicted molar refractivity (Wildman–Crippen MR) is 61.3 cm³/mol. The molecule has 1 aliphatic rings. The molecule has 0 aliphatic carbocycles. The molecule has 0 radical (unpaired) electrons. The molecule has 0 saturated carbocycles. The van der Waals surface area contributed by atoms with Gasteiger partial charge in [0, 0.05) is 6.54 Å². The molecule has 1 unspecified atom stereocenters. The maximum absolute atomic E-state index is 5.68. The van der Waals surface area contributed by atoms with Crippen molar-refractivity contribution in [2.45, 2.75) is 12.5 Å². The Kier molecular flexibility index (Phi) is 4.41. The van der Waals surface area contributed by atoms with E-state index in [1.807, 2.05) is 6.07 Å². The molecule has 1 N–H and O–H groups in total. The number of rotatable bonds is 2. The summed E-state index contributed by atoms with van der Waals surface area (Å²) in [7, 11) is 0. The zero-order valence-electron chi connectivity index (χ0n) is 8.27. The van der Waals surface area contributed by atoms with Crippen molar-refractivity contribution in [2.24, 2.45) is 0 Å². The molecule has 2 heterocycles.